The number of benzene rings is 2. The van der Waals surface area contributed by atoms with Crippen LogP contribution in [-0.2, 0) is 14.3 Å². The molecular formula is C25H29NO5. The van der Waals surface area contributed by atoms with Gasteiger partial charge in [0.1, 0.15) is 11.5 Å². The van der Waals surface area contributed by atoms with Crippen LogP contribution in [0, 0.1) is 0 Å². The van der Waals surface area contributed by atoms with E-state index in [0.717, 1.165) is 18.4 Å². The summed E-state index contributed by atoms with van der Waals surface area (Å²) < 4.78 is 10.8. The third-order valence-electron chi connectivity index (χ3n) is 5.28. The van der Waals surface area contributed by atoms with E-state index < -0.39 is 17.7 Å². The van der Waals surface area contributed by atoms with Gasteiger partial charge < -0.3 is 19.5 Å². The number of ether oxygens (including phenoxy) is 2. The smallest absolute Gasteiger partial charge is 0.295 e. The number of carbonyl (C=O) groups excluding carboxylic acids is 2. The Balaban J connectivity index is 2.01. The van der Waals surface area contributed by atoms with Crippen molar-refractivity contribution >= 4 is 17.4 Å². The number of rotatable bonds is 10. The Hall–Kier alpha value is -3.12. The Labute approximate surface area is 183 Å². The molecule has 1 N–H and O–H groups in total. The van der Waals surface area contributed by atoms with Crippen LogP contribution >= 0.6 is 0 Å². The van der Waals surface area contributed by atoms with E-state index in [9.17, 15) is 14.7 Å². The first-order valence-electron chi connectivity index (χ1n) is 10.6. The molecule has 1 saturated heterocycles. The van der Waals surface area contributed by atoms with Crippen LogP contribution < -0.4 is 4.74 Å². The van der Waals surface area contributed by atoms with Gasteiger partial charge in [-0.3, -0.25) is 9.59 Å². The van der Waals surface area contributed by atoms with Crippen molar-refractivity contribution in [2.75, 3.05) is 26.9 Å². The van der Waals surface area contributed by atoms with Crippen molar-refractivity contribution < 1.29 is 24.2 Å². The van der Waals surface area contributed by atoms with E-state index in [0.29, 0.717) is 37.5 Å². The summed E-state index contributed by atoms with van der Waals surface area (Å²) in [6, 6.07) is 15.6. The molecule has 1 unspecified atom stereocenters. The van der Waals surface area contributed by atoms with E-state index >= 15 is 0 Å². The first-order chi connectivity index (χ1) is 15.1. The fourth-order valence-corrected chi connectivity index (χ4v) is 3.69. The molecule has 1 heterocycles. The molecule has 1 aliphatic rings. The molecule has 6 heteroatoms. The molecule has 0 aromatic heterocycles. The number of methoxy groups -OCH3 is 1. The van der Waals surface area contributed by atoms with Crippen molar-refractivity contribution in [2.45, 2.75) is 32.2 Å². The summed E-state index contributed by atoms with van der Waals surface area (Å²) in [5.41, 5.74) is 1.32. The summed E-state index contributed by atoms with van der Waals surface area (Å²) in [6.45, 7) is 3.49. The van der Waals surface area contributed by atoms with Gasteiger partial charge in [-0.2, -0.15) is 0 Å². The predicted octanol–water partition coefficient (Wildman–Crippen LogP) is 4.32. The molecule has 164 valence electrons. The second-order valence-corrected chi connectivity index (χ2v) is 7.48. The lowest BCUT2D eigenvalue weighted by molar-refractivity contribution is -0.140. The molecule has 6 nitrogen and oxygen atoms in total. The van der Waals surface area contributed by atoms with Gasteiger partial charge in [0.2, 0.25) is 0 Å². The number of Topliss-reactive ketones (excluding diaryl/α,β-unsaturated/α-hetero) is 1. The number of unbranched alkanes of at least 4 members (excludes halogenated alkanes) is 1. The molecule has 1 amide bonds. The van der Waals surface area contributed by atoms with Gasteiger partial charge in [-0.15, -0.1) is 0 Å². The van der Waals surface area contributed by atoms with Crippen molar-refractivity contribution in [3.63, 3.8) is 0 Å². The fraction of sp³-hybridized carbons (Fsp3) is 0.360. The summed E-state index contributed by atoms with van der Waals surface area (Å²) in [4.78, 5) is 27.3. The number of ketones is 1. The molecule has 31 heavy (non-hydrogen) atoms. The number of aliphatic hydroxyl groups is 1. The molecular weight excluding hydrogens is 394 g/mol. The van der Waals surface area contributed by atoms with Crippen LogP contribution in [0.5, 0.6) is 5.75 Å². The van der Waals surface area contributed by atoms with Gasteiger partial charge in [0, 0.05) is 25.8 Å². The Bertz CT molecular complexity index is 938. The van der Waals surface area contributed by atoms with Crippen LogP contribution in [0.15, 0.2) is 60.2 Å². The first-order valence-corrected chi connectivity index (χ1v) is 10.6. The minimum atomic E-state index is -0.680. The second kappa shape index (κ2) is 10.8. The minimum Gasteiger partial charge on any atom is -0.507 e. The highest BCUT2D eigenvalue weighted by Gasteiger charge is 2.45. The maximum Gasteiger partial charge on any atom is 0.295 e. The van der Waals surface area contributed by atoms with Crippen molar-refractivity contribution in [3.05, 3.63) is 71.3 Å². The van der Waals surface area contributed by atoms with Crippen molar-refractivity contribution in [1.82, 2.24) is 4.90 Å². The van der Waals surface area contributed by atoms with E-state index in [2.05, 4.69) is 6.92 Å². The Kier molecular flexibility index (Phi) is 7.84. The monoisotopic (exact) mass is 423 g/mol. The Morgan fingerprint density at radius 3 is 2.52 bits per heavy atom. The zero-order valence-corrected chi connectivity index (χ0v) is 18.0. The Morgan fingerprint density at radius 1 is 1.03 bits per heavy atom. The summed E-state index contributed by atoms with van der Waals surface area (Å²) in [6.07, 6.45) is 2.54. The topological polar surface area (TPSA) is 76.1 Å². The number of likely N-dealkylation sites (tertiary alicyclic amines) is 1. The fourth-order valence-electron chi connectivity index (χ4n) is 3.69. The van der Waals surface area contributed by atoms with E-state index in [4.69, 9.17) is 9.47 Å². The molecule has 0 saturated carbocycles. The van der Waals surface area contributed by atoms with Crippen LogP contribution in [0.4, 0.5) is 0 Å². The zero-order chi connectivity index (χ0) is 22.2. The molecule has 3 rings (SSSR count). The van der Waals surface area contributed by atoms with Crippen molar-refractivity contribution in [1.29, 1.82) is 0 Å². The molecule has 1 fully saturated rings. The zero-order valence-electron chi connectivity index (χ0n) is 18.0. The lowest BCUT2D eigenvalue weighted by atomic mass is 9.95. The van der Waals surface area contributed by atoms with Crippen LogP contribution in [0.3, 0.4) is 0 Å². The standard InChI is InChI=1S/C25H29NO5/c1-3-4-16-31-20-13-8-12-19(17-20)23(27)21-22(18-10-6-5-7-11-18)26(14-9-15-30-2)25(29)24(21)28/h5-8,10-13,17,22,27H,3-4,9,14-16H2,1-2H3. The minimum absolute atomic E-state index is 0.0966. The number of aliphatic hydroxyl groups excluding tert-OH is 1. The average Bonchev–Trinajstić information content (AvgIpc) is 3.05. The average molecular weight is 424 g/mol. The SMILES string of the molecule is CCCCOc1cccc(C(O)=C2C(=O)C(=O)N(CCCOC)C2c2ccccc2)c1. The Morgan fingerprint density at radius 2 is 1.81 bits per heavy atom. The molecule has 1 aliphatic heterocycles. The van der Waals surface area contributed by atoms with Crippen molar-refractivity contribution in [3.8, 4) is 5.75 Å². The maximum atomic E-state index is 13.0. The van der Waals surface area contributed by atoms with Crippen molar-refractivity contribution in [2.24, 2.45) is 0 Å². The second-order valence-electron chi connectivity index (χ2n) is 7.48. The highest BCUT2D eigenvalue weighted by Crippen LogP contribution is 2.39. The first kappa shape index (κ1) is 22.6. The third kappa shape index (κ3) is 5.14. The van der Waals surface area contributed by atoms with E-state index in [-0.39, 0.29) is 11.3 Å². The van der Waals surface area contributed by atoms with Crippen LogP contribution in [0.25, 0.3) is 5.76 Å². The molecule has 0 radical (unpaired) electrons. The summed E-state index contributed by atoms with van der Waals surface area (Å²) >= 11 is 0. The molecule has 2 aromatic rings. The number of amides is 1. The van der Waals surface area contributed by atoms with E-state index in [1.54, 1.807) is 25.3 Å². The number of carbonyl (C=O) groups is 2. The van der Waals surface area contributed by atoms with E-state index in [1.165, 1.54) is 4.90 Å². The normalized spacial score (nSPS) is 17.9. The number of hydrogen-bond acceptors (Lipinski definition) is 5. The quantitative estimate of drug-likeness (QED) is 0.267. The van der Waals surface area contributed by atoms with Gasteiger partial charge in [-0.05, 0) is 30.5 Å². The van der Waals surface area contributed by atoms with Crippen LogP contribution in [0.2, 0.25) is 0 Å². The number of hydrogen-bond donors (Lipinski definition) is 1. The predicted molar refractivity (Wildman–Crippen MR) is 119 cm³/mol. The highest BCUT2D eigenvalue weighted by molar-refractivity contribution is 6.46. The maximum absolute atomic E-state index is 13.0. The summed E-state index contributed by atoms with van der Waals surface area (Å²) in [7, 11) is 1.60. The van der Waals surface area contributed by atoms with Crippen LogP contribution in [0.1, 0.15) is 43.4 Å². The lowest BCUT2D eigenvalue weighted by Gasteiger charge is -2.25. The van der Waals surface area contributed by atoms with Crippen LogP contribution in [-0.4, -0.2) is 48.6 Å². The molecule has 0 bridgehead atoms. The van der Waals surface area contributed by atoms with Gasteiger partial charge in [-0.1, -0.05) is 55.8 Å². The number of nitrogens with zero attached hydrogens (tertiary/aromatic N) is 1. The molecule has 0 aliphatic carbocycles. The van der Waals surface area contributed by atoms with Gasteiger partial charge >= 0.3 is 0 Å². The van der Waals surface area contributed by atoms with Gasteiger partial charge in [-0.25, -0.2) is 0 Å². The largest absolute Gasteiger partial charge is 0.507 e. The lowest BCUT2D eigenvalue weighted by Crippen LogP contribution is -2.31. The third-order valence-corrected chi connectivity index (χ3v) is 5.28. The summed E-state index contributed by atoms with van der Waals surface area (Å²) in [5, 5.41) is 11.1. The molecule has 0 spiro atoms. The summed E-state index contributed by atoms with van der Waals surface area (Å²) in [5.74, 6) is -0.867. The van der Waals surface area contributed by atoms with Gasteiger partial charge in [0.25, 0.3) is 11.7 Å². The molecule has 1 atom stereocenters. The van der Waals surface area contributed by atoms with Gasteiger partial charge in [0.05, 0.1) is 18.2 Å². The highest BCUT2D eigenvalue weighted by atomic mass is 16.5. The molecule has 2 aromatic carbocycles. The van der Waals surface area contributed by atoms with E-state index in [1.807, 2.05) is 36.4 Å². The van der Waals surface area contributed by atoms with Gasteiger partial charge in [0.15, 0.2) is 0 Å².